The van der Waals surface area contributed by atoms with Gasteiger partial charge in [0.05, 0.1) is 36.2 Å². The molecule has 0 aliphatic rings. The van der Waals surface area contributed by atoms with Gasteiger partial charge in [-0.1, -0.05) is 41.6 Å². The van der Waals surface area contributed by atoms with Crippen molar-refractivity contribution in [2.75, 3.05) is 25.3 Å². The maximum absolute atomic E-state index is 12.7. The number of hydrogen-bond acceptors (Lipinski definition) is 8. The summed E-state index contributed by atoms with van der Waals surface area (Å²) < 4.78 is 17.6. The van der Waals surface area contributed by atoms with Crippen LogP contribution in [0.25, 0.3) is 5.69 Å². The number of esters is 1. The summed E-state index contributed by atoms with van der Waals surface area (Å²) >= 11 is 7.40. The third-order valence-electron chi connectivity index (χ3n) is 5.14. The molecular weight excluding hydrogens is 516 g/mol. The number of aromatic nitrogens is 3. The second kappa shape index (κ2) is 12.3. The summed E-state index contributed by atoms with van der Waals surface area (Å²) in [5.41, 5.74) is 1.42. The van der Waals surface area contributed by atoms with Crippen LogP contribution in [0.5, 0.6) is 11.5 Å². The minimum atomic E-state index is -0.526. The van der Waals surface area contributed by atoms with E-state index in [1.807, 2.05) is 59.2 Å². The van der Waals surface area contributed by atoms with Crippen molar-refractivity contribution in [1.29, 1.82) is 0 Å². The molecule has 190 valence electrons. The lowest BCUT2D eigenvalue weighted by Gasteiger charge is -2.12. The van der Waals surface area contributed by atoms with Crippen molar-refractivity contribution in [2.24, 2.45) is 0 Å². The molecule has 0 aliphatic carbocycles. The predicted octanol–water partition coefficient (Wildman–Crippen LogP) is 5.03. The Hall–Kier alpha value is -4.02. The zero-order valence-corrected chi connectivity index (χ0v) is 21.6. The van der Waals surface area contributed by atoms with E-state index in [0.717, 1.165) is 11.4 Å². The van der Waals surface area contributed by atoms with Gasteiger partial charge in [0.2, 0.25) is 5.91 Å². The van der Waals surface area contributed by atoms with Gasteiger partial charge < -0.3 is 19.5 Å². The van der Waals surface area contributed by atoms with E-state index in [2.05, 4.69) is 15.5 Å². The van der Waals surface area contributed by atoms with Gasteiger partial charge in [-0.25, -0.2) is 4.79 Å². The van der Waals surface area contributed by atoms with Crippen LogP contribution in [0.3, 0.4) is 0 Å². The number of benzene rings is 3. The number of methoxy groups -OCH3 is 2. The van der Waals surface area contributed by atoms with Crippen LogP contribution in [0.4, 0.5) is 5.69 Å². The minimum absolute atomic E-state index is 0.0308. The third kappa shape index (κ3) is 6.60. The molecule has 4 rings (SSSR count). The molecule has 0 unspecified atom stereocenters. The monoisotopic (exact) mass is 538 g/mol. The molecule has 0 fully saturated rings. The highest BCUT2D eigenvalue weighted by Crippen LogP contribution is 2.26. The largest absolute Gasteiger partial charge is 0.497 e. The van der Waals surface area contributed by atoms with Gasteiger partial charge >= 0.3 is 5.97 Å². The standard InChI is InChI=1S/C26H23ClN4O5S/c1-34-19-9-11-20(12-10-19)36-15-23-29-30-26(31(23)18-6-4-3-5-7-18)37-16-24(32)28-22-14-17(25(33)35-2)8-13-21(22)27/h3-14H,15-16H2,1-2H3,(H,28,32). The molecule has 3 aromatic carbocycles. The molecule has 37 heavy (non-hydrogen) atoms. The Labute approximate surface area is 222 Å². The van der Waals surface area contributed by atoms with Crippen molar-refractivity contribution in [3.8, 4) is 17.2 Å². The summed E-state index contributed by atoms with van der Waals surface area (Å²) in [7, 11) is 2.89. The van der Waals surface area contributed by atoms with E-state index >= 15 is 0 Å². The first-order chi connectivity index (χ1) is 18.0. The number of carbonyl (C=O) groups excluding carboxylic acids is 2. The Morgan fingerprint density at radius 2 is 1.70 bits per heavy atom. The number of nitrogens with zero attached hydrogens (tertiary/aromatic N) is 3. The zero-order valence-electron chi connectivity index (χ0n) is 20.0. The maximum Gasteiger partial charge on any atom is 0.337 e. The molecule has 0 aliphatic heterocycles. The van der Waals surface area contributed by atoms with Crippen LogP contribution in [0.15, 0.2) is 78.0 Å². The number of para-hydroxylation sites is 1. The van der Waals surface area contributed by atoms with Crippen LogP contribution in [0, 0.1) is 0 Å². The number of carbonyl (C=O) groups is 2. The summed E-state index contributed by atoms with van der Waals surface area (Å²) in [6.07, 6.45) is 0. The highest BCUT2D eigenvalue weighted by atomic mass is 35.5. The number of ether oxygens (including phenoxy) is 3. The summed E-state index contributed by atoms with van der Waals surface area (Å²) in [5, 5.41) is 12.1. The fourth-order valence-electron chi connectivity index (χ4n) is 3.33. The van der Waals surface area contributed by atoms with Crippen molar-refractivity contribution in [1.82, 2.24) is 14.8 Å². The topological polar surface area (TPSA) is 105 Å². The Morgan fingerprint density at radius 3 is 2.41 bits per heavy atom. The summed E-state index contributed by atoms with van der Waals surface area (Å²) in [6.45, 7) is 0.164. The van der Waals surface area contributed by atoms with Crippen LogP contribution in [-0.2, 0) is 16.1 Å². The summed E-state index contributed by atoms with van der Waals surface area (Å²) in [5.74, 6) is 1.13. The highest BCUT2D eigenvalue weighted by molar-refractivity contribution is 7.99. The first-order valence-electron chi connectivity index (χ1n) is 11.1. The Balaban J connectivity index is 1.48. The fraction of sp³-hybridized carbons (Fsp3) is 0.154. The first-order valence-corrected chi connectivity index (χ1v) is 12.4. The molecule has 0 atom stereocenters. The number of rotatable bonds is 10. The van der Waals surface area contributed by atoms with Gasteiger partial charge in [0.1, 0.15) is 18.1 Å². The lowest BCUT2D eigenvalue weighted by molar-refractivity contribution is -0.113. The quantitative estimate of drug-likeness (QED) is 0.221. The van der Waals surface area contributed by atoms with Crippen LogP contribution in [-0.4, -0.2) is 46.6 Å². The molecule has 1 amide bonds. The molecule has 1 aromatic heterocycles. The summed E-state index contributed by atoms with van der Waals surface area (Å²) in [4.78, 5) is 24.5. The lowest BCUT2D eigenvalue weighted by Crippen LogP contribution is -2.15. The number of amides is 1. The van der Waals surface area contributed by atoms with Crippen molar-refractivity contribution >= 4 is 40.9 Å². The van der Waals surface area contributed by atoms with Gasteiger partial charge in [0.25, 0.3) is 0 Å². The highest BCUT2D eigenvalue weighted by Gasteiger charge is 2.17. The first kappa shape index (κ1) is 26.1. The average molecular weight is 539 g/mol. The van der Waals surface area contributed by atoms with E-state index in [-0.39, 0.29) is 23.8 Å². The van der Waals surface area contributed by atoms with Crippen LogP contribution >= 0.6 is 23.4 Å². The molecule has 0 bridgehead atoms. The van der Waals surface area contributed by atoms with Gasteiger partial charge in [0, 0.05) is 5.69 Å². The fourth-order valence-corrected chi connectivity index (χ4v) is 4.26. The molecule has 9 nitrogen and oxygen atoms in total. The van der Waals surface area contributed by atoms with Crippen molar-refractivity contribution in [3.63, 3.8) is 0 Å². The number of hydrogen-bond donors (Lipinski definition) is 1. The molecule has 1 N–H and O–H groups in total. The summed E-state index contributed by atoms with van der Waals surface area (Å²) in [6, 6.07) is 21.3. The molecule has 0 radical (unpaired) electrons. The third-order valence-corrected chi connectivity index (χ3v) is 6.39. The van der Waals surface area contributed by atoms with Gasteiger partial charge in [-0.05, 0) is 54.6 Å². The van der Waals surface area contributed by atoms with Gasteiger partial charge in [-0.2, -0.15) is 0 Å². The van der Waals surface area contributed by atoms with Crippen molar-refractivity contribution in [3.05, 3.63) is 89.2 Å². The van der Waals surface area contributed by atoms with E-state index in [1.54, 1.807) is 7.11 Å². The Bertz CT molecular complexity index is 1380. The zero-order chi connectivity index (χ0) is 26.2. The number of anilines is 1. The normalized spacial score (nSPS) is 10.6. The van der Waals surface area contributed by atoms with Crippen LogP contribution in [0.2, 0.25) is 5.02 Å². The van der Waals surface area contributed by atoms with Crippen molar-refractivity contribution < 1.29 is 23.8 Å². The van der Waals surface area contributed by atoms with E-state index < -0.39 is 5.97 Å². The lowest BCUT2D eigenvalue weighted by atomic mass is 10.2. The van der Waals surface area contributed by atoms with Crippen LogP contribution in [0.1, 0.15) is 16.2 Å². The molecule has 0 saturated heterocycles. The molecule has 11 heteroatoms. The van der Waals surface area contributed by atoms with E-state index in [4.69, 9.17) is 25.8 Å². The van der Waals surface area contributed by atoms with Gasteiger partial charge in [-0.15, -0.1) is 10.2 Å². The van der Waals surface area contributed by atoms with Crippen LogP contribution < -0.4 is 14.8 Å². The number of halogens is 1. The molecule has 0 spiro atoms. The van der Waals surface area contributed by atoms with E-state index in [9.17, 15) is 9.59 Å². The molecule has 4 aromatic rings. The Morgan fingerprint density at radius 1 is 0.973 bits per heavy atom. The number of thioether (sulfide) groups is 1. The second-order valence-electron chi connectivity index (χ2n) is 7.56. The second-order valence-corrected chi connectivity index (χ2v) is 8.91. The van der Waals surface area contributed by atoms with Gasteiger partial charge in [-0.3, -0.25) is 9.36 Å². The van der Waals surface area contributed by atoms with Gasteiger partial charge in [0.15, 0.2) is 11.0 Å². The maximum atomic E-state index is 12.7. The number of nitrogens with one attached hydrogen (secondary N) is 1. The van der Waals surface area contributed by atoms with Crippen molar-refractivity contribution in [2.45, 2.75) is 11.8 Å². The average Bonchev–Trinajstić information content (AvgIpc) is 3.35. The predicted molar refractivity (Wildman–Crippen MR) is 141 cm³/mol. The van der Waals surface area contributed by atoms with E-state index in [1.165, 1.54) is 37.1 Å². The Kier molecular flexibility index (Phi) is 8.65. The SMILES string of the molecule is COC(=O)c1ccc(Cl)c(NC(=O)CSc2nnc(COc3ccc(OC)cc3)n2-c2ccccc2)c1. The van der Waals surface area contributed by atoms with E-state index in [0.29, 0.717) is 27.4 Å². The molecular formula is C26H23ClN4O5S. The minimum Gasteiger partial charge on any atom is -0.497 e. The molecule has 0 saturated carbocycles. The smallest absolute Gasteiger partial charge is 0.337 e. The molecule has 1 heterocycles.